The van der Waals surface area contributed by atoms with E-state index in [2.05, 4.69) is 20.9 Å². The zero-order chi connectivity index (χ0) is 11.8. The van der Waals surface area contributed by atoms with Crippen LogP contribution >= 0.6 is 49.2 Å². The highest BCUT2D eigenvalue weighted by Gasteiger charge is 2.23. The van der Waals surface area contributed by atoms with E-state index in [-0.39, 0.29) is 8.17 Å². The lowest BCUT2D eigenvalue weighted by Crippen LogP contribution is -2.03. The van der Waals surface area contributed by atoms with Crippen molar-refractivity contribution in [3.05, 3.63) is 19.8 Å². The van der Waals surface area contributed by atoms with Gasteiger partial charge >= 0.3 is 0 Å². The first-order valence-corrected chi connectivity index (χ1v) is 7.50. The molecule has 0 unspecified atom stereocenters. The Balaban J connectivity index is 3.56. The van der Waals surface area contributed by atoms with E-state index < -0.39 is 26.1 Å². The summed E-state index contributed by atoms with van der Waals surface area (Å²) in [5, 5.41) is -0.561. The lowest BCUT2D eigenvalue weighted by Gasteiger charge is -2.06. The van der Waals surface area contributed by atoms with Crippen LogP contribution in [0.15, 0.2) is 15.7 Å². The highest BCUT2D eigenvalue weighted by Crippen LogP contribution is 2.31. The van der Waals surface area contributed by atoms with Gasteiger partial charge in [-0.15, -0.1) is 0 Å². The molecule has 0 N–H and O–H groups in total. The molecule has 0 saturated carbocycles. The Bertz CT molecular complexity index is 496. The third-order valence-electron chi connectivity index (χ3n) is 1.39. The molecule has 1 rings (SSSR count). The van der Waals surface area contributed by atoms with E-state index in [1.54, 1.807) is 0 Å². The molecule has 0 aliphatic carbocycles. The van der Waals surface area contributed by atoms with E-state index >= 15 is 0 Å². The van der Waals surface area contributed by atoms with E-state index in [1.807, 2.05) is 0 Å². The Labute approximate surface area is 111 Å². The predicted octanol–water partition coefficient (Wildman–Crippen LogP) is 3.31. The molecule has 0 fully saturated rings. The monoisotopic (exact) mass is 431 g/mol. The van der Waals surface area contributed by atoms with Crippen molar-refractivity contribution in [2.45, 2.75) is 11.5 Å². The summed E-state index contributed by atoms with van der Waals surface area (Å²) in [5.41, 5.74) is -0.420. The van der Waals surface area contributed by atoms with Crippen LogP contribution in [0.5, 0.6) is 0 Å². The third-order valence-corrected chi connectivity index (χ3v) is 4.49. The van der Waals surface area contributed by atoms with Gasteiger partial charge in [0.25, 0.3) is 15.5 Å². The second-order valence-corrected chi connectivity index (χ2v) is 6.76. The molecule has 0 amide bonds. The highest BCUT2D eigenvalue weighted by molar-refractivity contribution is 14.1. The van der Waals surface area contributed by atoms with Crippen molar-refractivity contribution >= 4 is 58.3 Å². The maximum Gasteiger partial charge on any atom is 0.279 e. The van der Waals surface area contributed by atoms with Crippen LogP contribution in [0.1, 0.15) is 12.0 Å². The maximum atomic E-state index is 12.5. The van der Waals surface area contributed by atoms with Gasteiger partial charge in [-0.2, -0.15) is 0 Å². The molecule has 0 atom stereocenters. The van der Waals surface area contributed by atoms with Crippen molar-refractivity contribution in [2.24, 2.45) is 0 Å². The first kappa shape index (κ1) is 13.5. The summed E-state index contributed by atoms with van der Waals surface area (Å²) < 4.78 is 46.8. The summed E-state index contributed by atoms with van der Waals surface area (Å²) in [7, 11) is 0.930. The number of halogens is 5. The maximum absolute atomic E-state index is 12.5. The molecular formula is C6H2BrClF2INO2S. The van der Waals surface area contributed by atoms with Crippen molar-refractivity contribution < 1.29 is 17.2 Å². The minimum Gasteiger partial charge on any atom is -0.227 e. The van der Waals surface area contributed by atoms with Gasteiger partial charge in [0.15, 0.2) is 5.03 Å². The number of alkyl halides is 2. The molecule has 0 saturated heterocycles. The first-order valence-electron chi connectivity index (χ1n) is 3.32. The van der Waals surface area contributed by atoms with Crippen molar-refractivity contribution in [1.82, 2.24) is 4.98 Å². The lowest BCUT2D eigenvalue weighted by atomic mass is 10.3. The van der Waals surface area contributed by atoms with Gasteiger partial charge in [-0.1, -0.05) is 0 Å². The summed E-state index contributed by atoms with van der Waals surface area (Å²) in [4.78, 5) is 3.54. The largest absolute Gasteiger partial charge is 0.279 e. The molecule has 1 aromatic heterocycles. The summed E-state index contributed by atoms with van der Waals surface area (Å²) in [5.74, 6) is 0. The Kier molecular flexibility index (Phi) is 4.29. The summed E-state index contributed by atoms with van der Waals surface area (Å²) >= 11 is 4.31. The van der Waals surface area contributed by atoms with Gasteiger partial charge in [-0.25, -0.2) is 22.2 Å². The molecule has 0 radical (unpaired) electrons. The van der Waals surface area contributed by atoms with Gasteiger partial charge in [0, 0.05) is 16.2 Å². The SMILES string of the molecule is O=S(=O)(Cl)c1nc(Br)cc(C(F)F)c1I. The third kappa shape index (κ3) is 3.21. The Morgan fingerprint density at radius 1 is 1.53 bits per heavy atom. The minimum absolute atomic E-state index is 0.00237. The second-order valence-electron chi connectivity index (χ2n) is 2.39. The molecule has 15 heavy (non-hydrogen) atoms. The summed E-state index contributed by atoms with van der Waals surface area (Å²) in [6.45, 7) is 0. The van der Waals surface area contributed by atoms with Crippen LogP contribution in [-0.2, 0) is 9.05 Å². The molecule has 3 nitrogen and oxygen atoms in total. The molecular weight excluding hydrogens is 430 g/mol. The molecule has 0 aromatic carbocycles. The minimum atomic E-state index is -4.12. The van der Waals surface area contributed by atoms with Crippen LogP contribution in [0.25, 0.3) is 0 Å². The number of aromatic nitrogens is 1. The summed E-state index contributed by atoms with van der Waals surface area (Å²) in [6.07, 6.45) is -2.78. The van der Waals surface area contributed by atoms with Crippen LogP contribution in [0.4, 0.5) is 8.78 Å². The quantitative estimate of drug-likeness (QED) is 0.409. The molecule has 0 bridgehead atoms. The number of pyridine rings is 1. The molecule has 0 aliphatic heterocycles. The van der Waals surface area contributed by atoms with Gasteiger partial charge in [-0.05, 0) is 44.6 Å². The normalized spacial score (nSPS) is 12.1. The molecule has 1 aromatic rings. The van der Waals surface area contributed by atoms with E-state index in [0.29, 0.717) is 0 Å². The van der Waals surface area contributed by atoms with E-state index in [0.717, 1.165) is 6.07 Å². The zero-order valence-corrected chi connectivity index (χ0v) is 12.0. The van der Waals surface area contributed by atoms with Crippen LogP contribution in [0.2, 0.25) is 0 Å². The van der Waals surface area contributed by atoms with E-state index in [9.17, 15) is 17.2 Å². The molecule has 84 valence electrons. The Morgan fingerprint density at radius 2 is 2.07 bits per heavy atom. The average Bonchev–Trinajstić information content (AvgIpc) is 2.06. The Morgan fingerprint density at radius 3 is 2.47 bits per heavy atom. The van der Waals surface area contributed by atoms with Crippen molar-refractivity contribution in [3.63, 3.8) is 0 Å². The fourth-order valence-electron chi connectivity index (χ4n) is 0.814. The molecule has 0 spiro atoms. The Hall–Kier alpha value is 0.460. The van der Waals surface area contributed by atoms with Crippen LogP contribution in [0.3, 0.4) is 0 Å². The molecule has 1 heterocycles. The first-order chi connectivity index (χ1) is 6.73. The topological polar surface area (TPSA) is 47.0 Å². The van der Waals surface area contributed by atoms with Crippen molar-refractivity contribution in [1.29, 1.82) is 0 Å². The van der Waals surface area contributed by atoms with Gasteiger partial charge in [-0.3, -0.25) is 0 Å². The van der Waals surface area contributed by atoms with E-state index in [1.165, 1.54) is 22.6 Å². The van der Waals surface area contributed by atoms with Gasteiger partial charge in [0.2, 0.25) is 0 Å². The standard InChI is InChI=1S/C6H2BrClF2INO2S/c7-3-1-2(5(9)10)4(11)6(12-3)15(8,13)14/h1,5H. The van der Waals surface area contributed by atoms with Crippen molar-refractivity contribution in [2.75, 3.05) is 0 Å². The number of hydrogen-bond donors (Lipinski definition) is 0. The average molecular weight is 432 g/mol. The smallest absolute Gasteiger partial charge is 0.227 e. The van der Waals surface area contributed by atoms with Crippen LogP contribution < -0.4 is 0 Å². The zero-order valence-electron chi connectivity index (χ0n) is 6.72. The highest BCUT2D eigenvalue weighted by atomic mass is 127. The lowest BCUT2D eigenvalue weighted by molar-refractivity contribution is 0.150. The fourth-order valence-corrected chi connectivity index (χ4v) is 4.00. The van der Waals surface area contributed by atoms with Crippen LogP contribution in [0, 0.1) is 3.57 Å². The number of nitrogens with zero attached hydrogens (tertiary/aromatic N) is 1. The van der Waals surface area contributed by atoms with Crippen LogP contribution in [-0.4, -0.2) is 13.4 Å². The van der Waals surface area contributed by atoms with Gasteiger partial charge < -0.3 is 0 Å². The van der Waals surface area contributed by atoms with Gasteiger partial charge in [0.05, 0.1) is 3.57 Å². The number of rotatable bonds is 2. The molecule has 0 aliphatic rings. The number of hydrogen-bond acceptors (Lipinski definition) is 3. The van der Waals surface area contributed by atoms with Gasteiger partial charge in [0.1, 0.15) is 4.60 Å². The van der Waals surface area contributed by atoms with E-state index in [4.69, 9.17) is 10.7 Å². The second kappa shape index (κ2) is 4.76. The molecule has 9 heteroatoms. The summed E-state index contributed by atoms with van der Waals surface area (Å²) in [6, 6.07) is 1.05. The fraction of sp³-hybridized carbons (Fsp3) is 0.167. The predicted molar refractivity (Wildman–Crippen MR) is 62.6 cm³/mol. The van der Waals surface area contributed by atoms with Crippen molar-refractivity contribution in [3.8, 4) is 0 Å².